The fourth-order valence-corrected chi connectivity index (χ4v) is 5.61. The van der Waals surface area contributed by atoms with Crippen molar-refractivity contribution in [1.29, 1.82) is 0 Å². The van der Waals surface area contributed by atoms with Crippen LogP contribution >= 0.6 is 0 Å². The third-order valence-electron chi connectivity index (χ3n) is 6.41. The van der Waals surface area contributed by atoms with Crippen molar-refractivity contribution in [3.8, 4) is 0 Å². The molecule has 0 radical (unpaired) electrons. The molecule has 3 atom stereocenters. The lowest BCUT2D eigenvalue weighted by molar-refractivity contribution is -0.265. The van der Waals surface area contributed by atoms with Crippen molar-refractivity contribution in [2.24, 2.45) is 17.3 Å². The average molecular weight is 392 g/mol. The quantitative estimate of drug-likeness (QED) is 0.513. The molecule has 2 aliphatic carbocycles. The van der Waals surface area contributed by atoms with Crippen LogP contribution in [-0.2, 0) is 14.2 Å². The summed E-state index contributed by atoms with van der Waals surface area (Å²) in [6, 6.07) is 0. The standard InChI is InChI=1S/C23H37NO4/c1-6-11-22-18(8-7-12-24-20(25)28-21(3,4)5)9-10-19(22)15-17(2)16-23(22)26-13-14-27-23/h6,9,17,19H,1,7-8,10-16H2,2-5H3,(H,24,25)/t17-,19-,22-/m1/s1. The van der Waals surface area contributed by atoms with E-state index in [0.717, 1.165) is 32.1 Å². The van der Waals surface area contributed by atoms with E-state index in [4.69, 9.17) is 14.2 Å². The Balaban J connectivity index is 1.67. The largest absolute Gasteiger partial charge is 0.444 e. The number of ether oxygens (including phenoxy) is 3. The van der Waals surface area contributed by atoms with Gasteiger partial charge < -0.3 is 19.5 Å². The van der Waals surface area contributed by atoms with E-state index >= 15 is 0 Å². The highest BCUT2D eigenvalue weighted by molar-refractivity contribution is 5.67. The van der Waals surface area contributed by atoms with E-state index in [-0.39, 0.29) is 11.5 Å². The van der Waals surface area contributed by atoms with Crippen LogP contribution in [0, 0.1) is 17.3 Å². The van der Waals surface area contributed by atoms with Crippen LogP contribution in [0.4, 0.5) is 4.79 Å². The zero-order valence-corrected chi connectivity index (χ0v) is 18.0. The van der Waals surface area contributed by atoms with Crippen LogP contribution in [-0.4, -0.2) is 37.2 Å². The Morgan fingerprint density at radius 1 is 1.39 bits per heavy atom. The number of hydrogen-bond acceptors (Lipinski definition) is 4. The molecule has 0 unspecified atom stereocenters. The van der Waals surface area contributed by atoms with Gasteiger partial charge in [0.2, 0.25) is 0 Å². The summed E-state index contributed by atoms with van der Waals surface area (Å²) in [6.07, 6.45) is 10.0. The molecule has 158 valence electrons. The van der Waals surface area contributed by atoms with Crippen LogP contribution in [0.15, 0.2) is 24.3 Å². The van der Waals surface area contributed by atoms with Crippen LogP contribution in [0.1, 0.15) is 66.2 Å². The smallest absolute Gasteiger partial charge is 0.407 e. The molecule has 1 spiro atoms. The van der Waals surface area contributed by atoms with Gasteiger partial charge >= 0.3 is 6.09 Å². The molecule has 1 aliphatic heterocycles. The van der Waals surface area contributed by atoms with Crippen molar-refractivity contribution in [2.75, 3.05) is 19.8 Å². The molecule has 1 heterocycles. The van der Waals surface area contributed by atoms with Gasteiger partial charge in [-0.2, -0.15) is 0 Å². The van der Waals surface area contributed by atoms with Crippen molar-refractivity contribution in [3.63, 3.8) is 0 Å². The average Bonchev–Trinajstić information content (AvgIpc) is 3.18. The Morgan fingerprint density at radius 2 is 2.11 bits per heavy atom. The van der Waals surface area contributed by atoms with E-state index in [0.29, 0.717) is 31.6 Å². The number of allylic oxidation sites excluding steroid dienone is 2. The molecule has 5 nitrogen and oxygen atoms in total. The van der Waals surface area contributed by atoms with Crippen LogP contribution < -0.4 is 5.32 Å². The summed E-state index contributed by atoms with van der Waals surface area (Å²) in [7, 11) is 0. The summed E-state index contributed by atoms with van der Waals surface area (Å²) in [6.45, 7) is 13.9. The molecule has 0 aromatic heterocycles. The number of hydrogen-bond donors (Lipinski definition) is 1. The first-order valence-corrected chi connectivity index (χ1v) is 10.8. The van der Waals surface area contributed by atoms with Crippen molar-refractivity contribution in [1.82, 2.24) is 5.32 Å². The first-order valence-electron chi connectivity index (χ1n) is 10.8. The van der Waals surface area contributed by atoms with Gasteiger partial charge in [-0.3, -0.25) is 0 Å². The number of rotatable bonds is 6. The summed E-state index contributed by atoms with van der Waals surface area (Å²) in [5.74, 6) is 0.633. The lowest BCUT2D eigenvalue weighted by Crippen LogP contribution is -2.57. The van der Waals surface area contributed by atoms with Gasteiger partial charge in [-0.15, -0.1) is 6.58 Å². The molecule has 3 aliphatic rings. The minimum Gasteiger partial charge on any atom is -0.444 e. The maximum Gasteiger partial charge on any atom is 0.407 e. The summed E-state index contributed by atoms with van der Waals surface area (Å²) in [5, 5.41) is 2.88. The van der Waals surface area contributed by atoms with Crippen molar-refractivity contribution in [2.45, 2.75) is 77.6 Å². The van der Waals surface area contributed by atoms with Crippen molar-refractivity contribution >= 4 is 6.09 Å². The Labute approximate surface area is 169 Å². The molecule has 0 bridgehead atoms. The number of amides is 1. The van der Waals surface area contributed by atoms with E-state index in [1.807, 2.05) is 26.8 Å². The van der Waals surface area contributed by atoms with Gasteiger partial charge in [-0.1, -0.05) is 24.6 Å². The number of carbonyl (C=O) groups is 1. The van der Waals surface area contributed by atoms with Crippen LogP contribution in [0.3, 0.4) is 0 Å². The summed E-state index contributed by atoms with van der Waals surface area (Å²) in [5.41, 5.74) is 0.850. The Morgan fingerprint density at radius 3 is 2.75 bits per heavy atom. The molecular weight excluding hydrogens is 354 g/mol. The maximum absolute atomic E-state index is 11.9. The van der Waals surface area contributed by atoms with Crippen molar-refractivity contribution < 1.29 is 19.0 Å². The second-order valence-electron chi connectivity index (χ2n) is 9.65. The van der Waals surface area contributed by atoms with E-state index in [2.05, 4.69) is 24.9 Å². The first-order chi connectivity index (χ1) is 13.2. The molecule has 1 saturated heterocycles. The predicted molar refractivity (Wildman–Crippen MR) is 110 cm³/mol. The molecule has 0 aromatic rings. The van der Waals surface area contributed by atoms with Gasteiger partial charge in [0, 0.05) is 13.0 Å². The van der Waals surface area contributed by atoms with Gasteiger partial charge in [0.1, 0.15) is 5.60 Å². The molecule has 28 heavy (non-hydrogen) atoms. The van der Waals surface area contributed by atoms with E-state index in [1.54, 1.807) is 0 Å². The van der Waals surface area contributed by atoms with Gasteiger partial charge in [-0.25, -0.2) is 4.79 Å². The lowest BCUT2D eigenvalue weighted by Gasteiger charge is -2.55. The molecule has 0 aromatic carbocycles. The molecular formula is C23H37NO4. The van der Waals surface area contributed by atoms with Crippen LogP contribution in [0.25, 0.3) is 0 Å². The lowest BCUT2D eigenvalue weighted by atomic mass is 9.56. The summed E-state index contributed by atoms with van der Waals surface area (Å²) in [4.78, 5) is 11.9. The van der Waals surface area contributed by atoms with Gasteiger partial charge in [-0.05, 0) is 64.7 Å². The number of fused-ring (bicyclic) bond motifs is 2. The molecule has 5 heteroatoms. The predicted octanol–water partition coefficient (Wildman–Crippen LogP) is 4.97. The zero-order chi connectivity index (χ0) is 20.4. The zero-order valence-electron chi connectivity index (χ0n) is 18.0. The van der Waals surface area contributed by atoms with Crippen LogP contribution in [0.2, 0.25) is 0 Å². The molecule has 1 N–H and O–H groups in total. The fraction of sp³-hybridized carbons (Fsp3) is 0.783. The second kappa shape index (κ2) is 8.19. The molecule has 3 rings (SSSR count). The second-order valence-corrected chi connectivity index (χ2v) is 9.65. The van der Waals surface area contributed by atoms with E-state index in [1.165, 1.54) is 12.0 Å². The Bertz CT molecular complexity index is 615. The number of alkyl carbamates (subject to hydrolysis) is 1. The fourth-order valence-electron chi connectivity index (χ4n) is 5.61. The first kappa shape index (κ1) is 21.4. The van der Waals surface area contributed by atoms with Crippen molar-refractivity contribution in [3.05, 3.63) is 24.3 Å². The summed E-state index contributed by atoms with van der Waals surface area (Å²) < 4.78 is 18.0. The van der Waals surface area contributed by atoms with Crippen LogP contribution in [0.5, 0.6) is 0 Å². The third kappa shape index (κ3) is 4.02. The molecule has 1 saturated carbocycles. The van der Waals surface area contributed by atoms with Gasteiger partial charge in [0.05, 0.1) is 18.6 Å². The minimum atomic E-state index is -0.509. The van der Waals surface area contributed by atoms with E-state index in [9.17, 15) is 4.79 Å². The molecule has 2 fully saturated rings. The number of nitrogens with one attached hydrogen (secondary N) is 1. The highest BCUT2D eigenvalue weighted by Gasteiger charge is 2.64. The SMILES string of the molecule is C=CC[C@@]12C(CCCNC(=O)OC(C)(C)C)=CC[C@@H]1C[C@@H](C)CC21OCCO1. The number of carbonyl (C=O) groups excluding carboxylic acids is 1. The van der Waals surface area contributed by atoms with Gasteiger partial charge in [0.25, 0.3) is 0 Å². The normalized spacial score (nSPS) is 31.4. The third-order valence-corrected chi connectivity index (χ3v) is 6.41. The Kier molecular flexibility index (Phi) is 6.26. The van der Waals surface area contributed by atoms with Gasteiger partial charge in [0.15, 0.2) is 5.79 Å². The summed E-state index contributed by atoms with van der Waals surface area (Å²) >= 11 is 0. The highest BCUT2D eigenvalue weighted by atomic mass is 16.7. The highest BCUT2D eigenvalue weighted by Crippen LogP contribution is 2.64. The Hall–Kier alpha value is -1.33. The maximum atomic E-state index is 11.9. The minimum absolute atomic E-state index is 0.107. The van der Waals surface area contributed by atoms with E-state index < -0.39 is 11.4 Å². The topological polar surface area (TPSA) is 56.8 Å². The monoisotopic (exact) mass is 391 g/mol. The molecule has 1 amide bonds.